The van der Waals surface area contributed by atoms with Gasteiger partial charge in [0.25, 0.3) is 0 Å². The van der Waals surface area contributed by atoms with Gasteiger partial charge in [-0.1, -0.05) is 0 Å². The van der Waals surface area contributed by atoms with Crippen molar-refractivity contribution in [3.8, 4) is 0 Å². The lowest BCUT2D eigenvalue weighted by Gasteiger charge is -2.46. The highest BCUT2D eigenvalue weighted by Crippen LogP contribution is 2.43. The Hall–Kier alpha value is -3.06. The van der Waals surface area contributed by atoms with Gasteiger partial charge >= 0.3 is 12.2 Å². The Bertz CT molecular complexity index is 1270. The Labute approximate surface area is 200 Å². The van der Waals surface area contributed by atoms with Gasteiger partial charge in [-0.15, -0.1) is 11.3 Å². The van der Waals surface area contributed by atoms with Crippen LogP contribution in [0.4, 0.5) is 38.4 Å². The first-order chi connectivity index (χ1) is 16.5. The number of thiophene rings is 1. The lowest BCUT2D eigenvalue weighted by atomic mass is 9.91. The molecular formula is C22H20F5N5O2S. The molecule has 1 unspecified atom stereocenters. The Kier molecular flexibility index (Phi) is 5.79. The van der Waals surface area contributed by atoms with E-state index in [1.54, 1.807) is 0 Å². The molecule has 2 saturated heterocycles. The number of aromatic nitrogens is 2. The summed E-state index contributed by atoms with van der Waals surface area (Å²) in [5.41, 5.74) is -0.00962. The Balaban J connectivity index is 1.29. The molecule has 7 nitrogen and oxygen atoms in total. The molecule has 3 aromatic rings. The number of carbonyl (C=O) groups excluding carboxylic acids is 1. The number of halogens is 5. The van der Waals surface area contributed by atoms with Crippen LogP contribution in [0.25, 0.3) is 10.1 Å². The van der Waals surface area contributed by atoms with Crippen LogP contribution < -0.4 is 15.5 Å². The lowest BCUT2D eigenvalue weighted by molar-refractivity contribution is -0.154. The molecule has 2 fully saturated rings. The molecule has 13 heteroatoms. The van der Waals surface area contributed by atoms with Crippen LogP contribution in [0.1, 0.15) is 29.3 Å². The monoisotopic (exact) mass is 513 g/mol. The number of benzene rings is 1. The molecule has 0 bridgehead atoms. The maximum atomic E-state index is 14.1. The topological polar surface area (TPSA) is 79.4 Å². The molecule has 5 rings (SSSR count). The van der Waals surface area contributed by atoms with Crippen LogP contribution >= 0.6 is 11.3 Å². The summed E-state index contributed by atoms with van der Waals surface area (Å²) in [6.07, 6.45) is -0.293. The highest BCUT2D eigenvalue weighted by molar-refractivity contribution is 7.19. The molecule has 1 aromatic carbocycles. The van der Waals surface area contributed by atoms with Crippen molar-refractivity contribution in [2.45, 2.75) is 37.6 Å². The Morgan fingerprint density at radius 2 is 1.94 bits per heavy atom. The minimum atomic E-state index is -4.88. The second kappa shape index (κ2) is 8.55. The fourth-order valence-electron chi connectivity index (χ4n) is 4.48. The zero-order valence-electron chi connectivity index (χ0n) is 18.4. The van der Waals surface area contributed by atoms with Gasteiger partial charge in [0.05, 0.1) is 35.9 Å². The fraction of sp³-hybridized carbons (Fsp3) is 0.409. The predicted octanol–water partition coefficient (Wildman–Crippen LogP) is 5.07. The Morgan fingerprint density at radius 3 is 2.57 bits per heavy atom. The van der Waals surface area contributed by atoms with Crippen LogP contribution in [-0.2, 0) is 4.74 Å². The fourth-order valence-corrected chi connectivity index (χ4v) is 5.75. The quantitative estimate of drug-likeness (QED) is 0.476. The number of fused-ring (bicyclic) bond motifs is 1. The normalized spacial score (nSPS) is 18.1. The summed E-state index contributed by atoms with van der Waals surface area (Å²) in [6.45, 7) is 3.38. The zero-order valence-corrected chi connectivity index (χ0v) is 19.2. The highest BCUT2D eigenvalue weighted by Gasteiger charge is 2.47. The summed E-state index contributed by atoms with van der Waals surface area (Å²) in [6, 6.07) is -1.99. The molecule has 1 atom stereocenters. The molecule has 0 radical (unpaired) electrons. The van der Waals surface area contributed by atoms with E-state index in [1.165, 1.54) is 19.3 Å². The largest absolute Gasteiger partial charge is 0.413 e. The predicted molar refractivity (Wildman–Crippen MR) is 120 cm³/mol. The molecule has 2 aliphatic rings. The van der Waals surface area contributed by atoms with Crippen molar-refractivity contribution in [1.82, 2.24) is 15.3 Å². The molecule has 2 aromatic heterocycles. The van der Waals surface area contributed by atoms with Gasteiger partial charge in [-0.05, 0) is 31.4 Å². The van der Waals surface area contributed by atoms with Gasteiger partial charge in [-0.3, -0.25) is 0 Å². The van der Waals surface area contributed by atoms with E-state index in [9.17, 15) is 26.7 Å². The van der Waals surface area contributed by atoms with Crippen LogP contribution in [0, 0.1) is 18.6 Å². The average Bonchev–Trinajstić information content (AvgIpc) is 3.37. The van der Waals surface area contributed by atoms with E-state index in [-0.39, 0.29) is 31.8 Å². The summed E-state index contributed by atoms with van der Waals surface area (Å²) in [5, 5.41) is 4.20. The molecule has 1 spiro atoms. The van der Waals surface area contributed by atoms with Crippen LogP contribution in [0.5, 0.6) is 0 Å². The number of anilines is 2. The Morgan fingerprint density at radius 1 is 1.23 bits per heavy atom. The second-order valence-electron chi connectivity index (χ2n) is 8.69. The highest BCUT2D eigenvalue weighted by atomic mass is 32.1. The van der Waals surface area contributed by atoms with Gasteiger partial charge in [-0.2, -0.15) is 13.2 Å². The van der Waals surface area contributed by atoms with Crippen LogP contribution in [0.2, 0.25) is 0 Å². The third-order valence-corrected chi connectivity index (χ3v) is 7.56. The van der Waals surface area contributed by atoms with Crippen molar-refractivity contribution in [3.63, 3.8) is 0 Å². The molecule has 0 aliphatic carbocycles. The average molecular weight is 513 g/mol. The molecular weight excluding hydrogens is 493 g/mol. The molecule has 186 valence electrons. The van der Waals surface area contributed by atoms with Crippen molar-refractivity contribution in [1.29, 1.82) is 0 Å². The van der Waals surface area contributed by atoms with Crippen molar-refractivity contribution in [2.75, 3.05) is 29.9 Å². The van der Waals surface area contributed by atoms with E-state index < -0.39 is 29.9 Å². The molecule has 2 aliphatic heterocycles. The first kappa shape index (κ1) is 23.7. The number of hydrogen-bond donors (Lipinski definition) is 2. The number of ether oxygens (including phenoxy) is 1. The molecule has 2 amide bonds. The summed E-state index contributed by atoms with van der Waals surface area (Å²) in [7, 11) is 0. The third-order valence-electron chi connectivity index (χ3n) is 6.18. The van der Waals surface area contributed by atoms with Crippen LogP contribution in [-0.4, -0.2) is 47.5 Å². The number of aryl methyl sites for hydroxylation is 1. The second-order valence-corrected chi connectivity index (χ2v) is 9.74. The minimum absolute atomic E-state index is 0.0266. The van der Waals surface area contributed by atoms with E-state index in [0.717, 1.165) is 25.5 Å². The van der Waals surface area contributed by atoms with Crippen LogP contribution in [0.3, 0.4) is 0 Å². The molecule has 4 heterocycles. The van der Waals surface area contributed by atoms with Gasteiger partial charge in [-0.25, -0.2) is 23.5 Å². The number of urea groups is 1. The van der Waals surface area contributed by atoms with Crippen molar-refractivity contribution in [3.05, 3.63) is 46.6 Å². The van der Waals surface area contributed by atoms with Gasteiger partial charge in [0.2, 0.25) is 5.95 Å². The summed E-state index contributed by atoms with van der Waals surface area (Å²) < 4.78 is 74.9. The zero-order chi connectivity index (χ0) is 25.0. The first-order valence-electron chi connectivity index (χ1n) is 10.8. The van der Waals surface area contributed by atoms with Gasteiger partial charge in [0.1, 0.15) is 17.2 Å². The van der Waals surface area contributed by atoms with Crippen molar-refractivity contribution in [2.24, 2.45) is 0 Å². The maximum absolute atomic E-state index is 14.1. The standard InChI is InChI=1S/C22H20F5N5O2S/c1-11-14-5-12(23)6-15(24)17(14)35-16(11)18(22(25,26)27)31-20(33)30-13-7-28-19(29-8-13)32-9-21(10-32)3-2-4-34-21/h5-8,18H,2-4,9-10H2,1H3,(H2,30,31,33). The molecule has 2 N–H and O–H groups in total. The summed E-state index contributed by atoms with van der Waals surface area (Å²) in [4.78, 5) is 22.3. The summed E-state index contributed by atoms with van der Waals surface area (Å²) in [5.74, 6) is -1.43. The SMILES string of the molecule is Cc1c(C(NC(=O)Nc2cnc(N3CC4(CCCO4)C3)nc2)C(F)(F)F)sc2c(F)cc(F)cc12. The number of amides is 2. The lowest BCUT2D eigenvalue weighted by Crippen LogP contribution is -2.62. The maximum Gasteiger partial charge on any atom is 0.413 e. The van der Waals surface area contributed by atoms with Crippen LogP contribution in [0.15, 0.2) is 24.5 Å². The third kappa shape index (κ3) is 4.49. The number of carbonyl (C=O) groups is 1. The van der Waals surface area contributed by atoms with E-state index >= 15 is 0 Å². The van der Waals surface area contributed by atoms with Gasteiger partial charge in [0.15, 0.2) is 6.04 Å². The van der Waals surface area contributed by atoms with E-state index in [1.807, 2.05) is 10.2 Å². The number of alkyl halides is 3. The smallest absolute Gasteiger partial charge is 0.371 e. The van der Waals surface area contributed by atoms with Crippen molar-refractivity contribution >= 4 is 39.1 Å². The summed E-state index contributed by atoms with van der Waals surface area (Å²) >= 11 is 0.520. The number of nitrogens with zero attached hydrogens (tertiary/aromatic N) is 3. The molecule has 35 heavy (non-hydrogen) atoms. The van der Waals surface area contributed by atoms with Gasteiger partial charge < -0.3 is 20.3 Å². The van der Waals surface area contributed by atoms with E-state index in [0.29, 0.717) is 36.4 Å². The van der Waals surface area contributed by atoms with E-state index in [4.69, 9.17) is 4.74 Å². The first-order valence-corrected chi connectivity index (χ1v) is 11.6. The molecule has 0 saturated carbocycles. The minimum Gasteiger partial charge on any atom is -0.371 e. The van der Waals surface area contributed by atoms with Gasteiger partial charge in [0, 0.05) is 22.9 Å². The van der Waals surface area contributed by atoms with E-state index in [2.05, 4.69) is 15.3 Å². The van der Waals surface area contributed by atoms with Crippen molar-refractivity contribution < 1.29 is 31.5 Å². The number of hydrogen-bond acceptors (Lipinski definition) is 6. The number of rotatable bonds is 4. The number of nitrogens with one attached hydrogen (secondary N) is 2.